The molecule has 0 spiro atoms. The molecule has 1 aliphatic heterocycles. The number of ether oxygens (including phenoxy) is 2. The molecule has 1 saturated heterocycles. The normalized spacial score (nSPS) is 22.5. The Labute approximate surface area is 129 Å². The summed E-state index contributed by atoms with van der Waals surface area (Å²) in [5.41, 5.74) is 0. The predicted octanol–water partition coefficient (Wildman–Crippen LogP) is 3.34. The van der Waals surface area contributed by atoms with E-state index in [9.17, 15) is 13.9 Å². The lowest BCUT2D eigenvalue weighted by atomic mass is 10.8. The molecule has 11 heteroatoms. The van der Waals surface area contributed by atoms with Crippen molar-refractivity contribution >= 4 is 21.3 Å². The molecule has 2 atom stereocenters. The molecule has 1 rings (SSSR count). The minimum Gasteiger partial charge on any atom is -0.413 e. The second kappa shape index (κ2) is 8.43. The molecule has 0 aromatic heterocycles. The van der Waals surface area contributed by atoms with Gasteiger partial charge in [0.15, 0.2) is 0 Å². The van der Waals surface area contributed by atoms with E-state index in [2.05, 4.69) is 0 Å². The van der Waals surface area contributed by atoms with Crippen molar-refractivity contribution in [1.29, 1.82) is 0 Å². The largest absolute Gasteiger partial charge is 0.510 e. The molecule has 0 amide bonds. The van der Waals surface area contributed by atoms with Gasteiger partial charge in [0.05, 0.1) is 26.4 Å². The van der Waals surface area contributed by atoms with Gasteiger partial charge in [0.25, 0.3) is 11.7 Å². The number of cyclic esters (lactones) is 2. The van der Waals surface area contributed by atoms with E-state index in [1.54, 1.807) is 27.7 Å². The molecule has 2 unspecified atom stereocenters. The third-order valence-electron chi connectivity index (χ3n) is 2.54. The van der Waals surface area contributed by atoms with Crippen LogP contribution >= 0.6 is 15.2 Å². The van der Waals surface area contributed by atoms with Crippen LogP contribution in [-0.4, -0.2) is 44.3 Å². The highest BCUT2D eigenvalue weighted by Gasteiger charge is 2.60. The summed E-state index contributed by atoms with van der Waals surface area (Å²) in [6.07, 6.45) is -1.13. The SMILES string of the molecule is CCOP(=O)(OCC)C1OC(=O)OC1P(=O)(OCC)OCC. The van der Waals surface area contributed by atoms with E-state index in [0.717, 1.165) is 0 Å². The topological polar surface area (TPSA) is 107 Å². The van der Waals surface area contributed by atoms with Gasteiger partial charge in [-0.2, -0.15) is 0 Å². The van der Waals surface area contributed by atoms with Gasteiger partial charge >= 0.3 is 21.3 Å². The third-order valence-corrected chi connectivity index (χ3v) is 7.24. The van der Waals surface area contributed by atoms with Gasteiger partial charge in [0.2, 0.25) is 0 Å². The molecule has 22 heavy (non-hydrogen) atoms. The molecule has 0 aromatic carbocycles. The van der Waals surface area contributed by atoms with Gasteiger partial charge in [-0.05, 0) is 27.7 Å². The van der Waals surface area contributed by atoms with E-state index < -0.39 is 33.0 Å². The average molecular weight is 360 g/mol. The van der Waals surface area contributed by atoms with Crippen LogP contribution in [0.4, 0.5) is 4.79 Å². The van der Waals surface area contributed by atoms with E-state index in [1.165, 1.54) is 0 Å². The smallest absolute Gasteiger partial charge is 0.413 e. The fraction of sp³-hybridized carbons (Fsp3) is 0.909. The Hall–Kier alpha value is -0.430. The summed E-state index contributed by atoms with van der Waals surface area (Å²) in [6.45, 7) is 6.59. The number of hydrogen-bond donors (Lipinski definition) is 0. The first-order valence-electron chi connectivity index (χ1n) is 7.01. The zero-order valence-electron chi connectivity index (χ0n) is 13.1. The van der Waals surface area contributed by atoms with Gasteiger partial charge in [0, 0.05) is 0 Å². The van der Waals surface area contributed by atoms with Crippen molar-refractivity contribution in [2.24, 2.45) is 0 Å². The molecule has 1 fully saturated rings. The Balaban J connectivity index is 3.17. The molecule has 0 radical (unpaired) electrons. The maximum Gasteiger partial charge on any atom is 0.510 e. The maximum atomic E-state index is 12.8. The first kappa shape index (κ1) is 19.6. The third kappa shape index (κ3) is 4.31. The van der Waals surface area contributed by atoms with Crippen LogP contribution in [0.2, 0.25) is 0 Å². The Kier molecular flexibility index (Phi) is 7.52. The zero-order valence-corrected chi connectivity index (χ0v) is 14.8. The summed E-state index contributed by atoms with van der Waals surface area (Å²) in [5, 5.41) is 0. The van der Waals surface area contributed by atoms with Crippen molar-refractivity contribution < 1.29 is 41.5 Å². The second-order valence-corrected chi connectivity index (χ2v) is 8.23. The average Bonchev–Trinajstić information content (AvgIpc) is 2.83. The van der Waals surface area contributed by atoms with E-state index in [0.29, 0.717) is 0 Å². The van der Waals surface area contributed by atoms with Crippen molar-refractivity contribution in [2.45, 2.75) is 39.4 Å². The predicted molar refractivity (Wildman–Crippen MR) is 76.9 cm³/mol. The van der Waals surface area contributed by atoms with Crippen molar-refractivity contribution in [2.75, 3.05) is 26.4 Å². The minimum atomic E-state index is -3.90. The Morgan fingerprint density at radius 2 is 1.05 bits per heavy atom. The quantitative estimate of drug-likeness (QED) is 0.428. The highest BCUT2D eigenvalue weighted by molar-refractivity contribution is 7.59. The molecule has 0 bridgehead atoms. The lowest BCUT2D eigenvalue weighted by Crippen LogP contribution is -2.27. The molecule has 0 N–H and O–H groups in total. The van der Waals surface area contributed by atoms with Gasteiger partial charge in [-0.25, -0.2) is 4.79 Å². The first-order chi connectivity index (χ1) is 10.4. The summed E-state index contributed by atoms with van der Waals surface area (Å²) in [6, 6.07) is 0. The van der Waals surface area contributed by atoms with E-state index in [-0.39, 0.29) is 26.4 Å². The molecule has 0 aromatic rings. The molecule has 9 nitrogen and oxygen atoms in total. The van der Waals surface area contributed by atoms with Gasteiger partial charge < -0.3 is 27.6 Å². The van der Waals surface area contributed by atoms with Crippen LogP contribution in [0, 0.1) is 0 Å². The summed E-state index contributed by atoms with van der Waals surface area (Å²) in [4.78, 5) is 11.5. The van der Waals surface area contributed by atoms with Crippen LogP contribution in [0.25, 0.3) is 0 Å². The summed E-state index contributed by atoms with van der Waals surface area (Å²) < 4.78 is 55.8. The van der Waals surface area contributed by atoms with Crippen molar-refractivity contribution in [3.05, 3.63) is 0 Å². The van der Waals surface area contributed by atoms with Crippen LogP contribution < -0.4 is 0 Å². The summed E-state index contributed by atoms with van der Waals surface area (Å²) >= 11 is 0. The first-order valence-corrected chi connectivity index (χ1v) is 10.2. The Morgan fingerprint density at radius 1 is 0.773 bits per heavy atom. The van der Waals surface area contributed by atoms with Gasteiger partial charge in [-0.1, -0.05) is 0 Å². The summed E-state index contributed by atoms with van der Waals surface area (Å²) in [5.74, 6) is -3.02. The highest BCUT2D eigenvalue weighted by Crippen LogP contribution is 2.66. The van der Waals surface area contributed by atoms with Crippen LogP contribution in [0.1, 0.15) is 27.7 Å². The fourth-order valence-corrected chi connectivity index (χ4v) is 6.20. The molecule has 0 saturated carbocycles. The van der Waals surface area contributed by atoms with Crippen molar-refractivity contribution in [1.82, 2.24) is 0 Å². The van der Waals surface area contributed by atoms with Crippen LogP contribution in [-0.2, 0) is 36.7 Å². The molecule has 130 valence electrons. The van der Waals surface area contributed by atoms with Crippen molar-refractivity contribution in [3.8, 4) is 0 Å². The van der Waals surface area contributed by atoms with Crippen LogP contribution in [0.15, 0.2) is 0 Å². The van der Waals surface area contributed by atoms with E-state index in [4.69, 9.17) is 27.6 Å². The zero-order chi connectivity index (χ0) is 16.8. The minimum absolute atomic E-state index is 0.0472. The number of carbonyl (C=O) groups is 1. The number of carbonyl (C=O) groups excluding carboxylic acids is 1. The molecule has 1 heterocycles. The van der Waals surface area contributed by atoms with E-state index >= 15 is 0 Å². The number of rotatable bonds is 10. The second-order valence-electron chi connectivity index (χ2n) is 4.02. The van der Waals surface area contributed by atoms with E-state index in [1.807, 2.05) is 0 Å². The maximum absolute atomic E-state index is 12.8. The van der Waals surface area contributed by atoms with Crippen molar-refractivity contribution in [3.63, 3.8) is 0 Å². The monoisotopic (exact) mass is 360 g/mol. The van der Waals surface area contributed by atoms with Gasteiger partial charge in [0.1, 0.15) is 0 Å². The van der Waals surface area contributed by atoms with Crippen LogP contribution in [0.3, 0.4) is 0 Å². The Bertz CT molecular complexity index is 406. The molecular formula is C11H22O9P2. The summed E-state index contributed by atoms with van der Waals surface area (Å²) in [7, 11) is -7.81. The molecule has 1 aliphatic rings. The molecule has 0 aliphatic carbocycles. The Morgan fingerprint density at radius 3 is 1.27 bits per heavy atom. The molecular weight excluding hydrogens is 338 g/mol. The van der Waals surface area contributed by atoms with Crippen LogP contribution in [0.5, 0.6) is 0 Å². The van der Waals surface area contributed by atoms with Gasteiger partial charge in [-0.15, -0.1) is 0 Å². The number of hydrogen-bond acceptors (Lipinski definition) is 9. The lowest BCUT2D eigenvalue weighted by Gasteiger charge is -2.27. The van der Waals surface area contributed by atoms with Gasteiger partial charge in [-0.3, -0.25) is 9.13 Å². The fourth-order valence-electron chi connectivity index (χ4n) is 1.87. The standard InChI is InChI=1S/C11H22O9P2/c1-5-15-21(13,16-6-2)9-10(20-11(12)19-9)22(14,17-7-3)18-8-4/h9-10H,5-8H2,1-4H3. The highest BCUT2D eigenvalue weighted by atomic mass is 31.2. The lowest BCUT2D eigenvalue weighted by molar-refractivity contribution is 0.115.